The maximum Gasteiger partial charge on any atom is 0.263 e. The van der Waals surface area contributed by atoms with Gasteiger partial charge >= 0.3 is 0 Å². The van der Waals surface area contributed by atoms with Crippen LogP contribution < -0.4 is 5.32 Å². The second-order valence-electron chi connectivity index (χ2n) is 10.2. The molecule has 166 valence electrons. The molecule has 4 rings (SSSR count). The van der Waals surface area contributed by atoms with E-state index in [0.29, 0.717) is 24.4 Å². The molecule has 0 spiro atoms. The highest BCUT2D eigenvalue weighted by molar-refractivity contribution is 7.14. The lowest BCUT2D eigenvalue weighted by Gasteiger charge is -2.33. The number of benzene rings is 1. The predicted molar refractivity (Wildman–Crippen MR) is 127 cm³/mol. The molecular formula is C26H34N2O2S. The summed E-state index contributed by atoms with van der Waals surface area (Å²) in [5.41, 5.74) is 3.43. The first-order chi connectivity index (χ1) is 14.7. The molecule has 4 nitrogen and oxygen atoms in total. The highest BCUT2D eigenvalue weighted by Crippen LogP contribution is 2.40. The van der Waals surface area contributed by atoms with Gasteiger partial charge in [0, 0.05) is 29.6 Å². The van der Waals surface area contributed by atoms with Gasteiger partial charge in [-0.25, -0.2) is 0 Å². The Morgan fingerprint density at radius 3 is 2.48 bits per heavy atom. The molecule has 1 atom stereocenters. The molecule has 1 N–H and O–H groups in total. The van der Waals surface area contributed by atoms with Crippen LogP contribution in [0.5, 0.6) is 0 Å². The van der Waals surface area contributed by atoms with E-state index in [9.17, 15) is 9.59 Å². The van der Waals surface area contributed by atoms with Crippen LogP contribution in [0.2, 0.25) is 0 Å². The molecular weight excluding hydrogens is 404 g/mol. The quantitative estimate of drug-likeness (QED) is 0.712. The number of hydrogen-bond donors (Lipinski definition) is 1. The number of nitrogens with zero attached hydrogens (tertiary/aromatic N) is 1. The van der Waals surface area contributed by atoms with Gasteiger partial charge in [-0.2, -0.15) is 0 Å². The molecule has 1 unspecified atom stereocenters. The molecule has 1 aromatic heterocycles. The largest absolute Gasteiger partial charge is 0.349 e. The van der Waals surface area contributed by atoms with Crippen molar-refractivity contribution in [3.63, 3.8) is 0 Å². The third kappa shape index (κ3) is 4.87. The van der Waals surface area contributed by atoms with Gasteiger partial charge in [0.1, 0.15) is 0 Å². The van der Waals surface area contributed by atoms with Gasteiger partial charge in [0.25, 0.3) is 11.8 Å². The van der Waals surface area contributed by atoms with E-state index in [4.69, 9.17) is 0 Å². The van der Waals surface area contributed by atoms with Crippen molar-refractivity contribution in [3.05, 3.63) is 56.8 Å². The summed E-state index contributed by atoms with van der Waals surface area (Å²) in [7, 11) is 0. The van der Waals surface area contributed by atoms with Crippen molar-refractivity contribution >= 4 is 23.2 Å². The van der Waals surface area contributed by atoms with Crippen molar-refractivity contribution in [2.45, 2.75) is 65.8 Å². The first-order valence-corrected chi connectivity index (χ1v) is 12.3. The molecule has 0 saturated carbocycles. The summed E-state index contributed by atoms with van der Waals surface area (Å²) >= 11 is 1.70. The smallest absolute Gasteiger partial charge is 0.263 e. The van der Waals surface area contributed by atoms with E-state index < -0.39 is 0 Å². The maximum absolute atomic E-state index is 13.1. The van der Waals surface area contributed by atoms with E-state index in [2.05, 4.69) is 32.2 Å². The highest BCUT2D eigenvalue weighted by atomic mass is 32.1. The number of hydrogen-bond acceptors (Lipinski definition) is 3. The first-order valence-electron chi connectivity index (χ1n) is 11.5. The number of rotatable bonds is 3. The van der Waals surface area contributed by atoms with Crippen LogP contribution >= 0.6 is 11.3 Å². The van der Waals surface area contributed by atoms with E-state index >= 15 is 0 Å². The Kier molecular flexibility index (Phi) is 6.25. The molecule has 5 heteroatoms. The molecule has 2 aliphatic rings. The van der Waals surface area contributed by atoms with Gasteiger partial charge in [-0.15, -0.1) is 11.3 Å². The molecule has 0 bridgehead atoms. The Balaban J connectivity index is 1.34. The number of aryl methyl sites for hydroxylation is 2. The number of thiophene rings is 1. The summed E-state index contributed by atoms with van der Waals surface area (Å²) in [5, 5.41) is 3.16. The van der Waals surface area contributed by atoms with Gasteiger partial charge in [-0.05, 0) is 73.6 Å². The minimum atomic E-state index is -0.0118. The zero-order chi connectivity index (χ0) is 22.2. The van der Waals surface area contributed by atoms with Gasteiger partial charge in [0.05, 0.1) is 4.88 Å². The Labute approximate surface area is 190 Å². The summed E-state index contributed by atoms with van der Waals surface area (Å²) in [6, 6.07) is 9.95. The summed E-state index contributed by atoms with van der Waals surface area (Å²) in [6.45, 7) is 10.3. The zero-order valence-corrected chi connectivity index (χ0v) is 20.0. The van der Waals surface area contributed by atoms with Crippen molar-refractivity contribution in [2.24, 2.45) is 11.3 Å². The van der Waals surface area contributed by atoms with Crippen LogP contribution in [0.25, 0.3) is 0 Å². The van der Waals surface area contributed by atoms with Crippen LogP contribution in [0.4, 0.5) is 0 Å². The Morgan fingerprint density at radius 1 is 1.10 bits per heavy atom. The molecule has 31 heavy (non-hydrogen) atoms. The summed E-state index contributed by atoms with van der Waals surface area (Å²) in [5.74, 6) is 0.836. The molecule has 2 aromatic rings. The highest BCUT2D eigenvalue weighted by Gasteiger charge is 2.32. The predicted octanol–water partition coefficient (Wildman–Crippen LogP) is 5.24. The lowest BCUT2D eigenvalue weighted by Crippen LogP contribution is -2.46. The summed E-state index contributed by atoms with van der Waals surface area (Å²) in [6.07, 6.45) is 5.02. The van der Waals surface area contributed by atoms with Gasteiger partial charge < -0.3 is 10.2 Å². The maximum atomic E-state index is 13.1. The molecule has 1 fully saturated rings. The topological polar surface area (TPSA) is 49.4 Å². The molecule has 0 radical (unpaired) electrons. The lowest BCUT2D eigenvalue weighted by atomic mass is 9.72. The Bertz CT molecular complexity index is 964. The average Bonchev–Trinajstić information content (AvgIpc) is 3.17. The summed E-state index contributed by atoms with van der Waals surface area (Å²) in [4.78, 5) is 30.0. The number of likely N-dealkylation sites (tertiary alicyclic amines) is 1. The fraction of sp³-hybridized carbons (Fsp3) is 0.538. The van der Waals surface area contributed by atoms with Gasteiger partial charge in [-0.1, -0.05) is 39.0 Å². The van der Waals surface area contributed by atoms with Crippen molar-refractivity contribution in [1.29, 1.82) is 0 Å². The third-order valence-corrected chi connectivity index (χ3v) is 8.25. The van der Waals surface area contributed by atoms with Crippen molar-refractivity contribution in [2.75, 3.05) is 13.1 Å². The third-order valence-electron chi connectivity index (χ3n) is 7.03. The van der Waals surface area contributed by atoms with E-state index in [-0.39, 0.29) is 17.9 Å². The normalized spacial score (nSPS) is 19.7. The molecule has 2 heterocycles. The number of piperidine rings is 1. The number of nitrogens with one attached hydrogen (secondary N) is 1. The van der Waals surface area contributed by atoms with Gasteiger partial charge in [0.15, 0.2) is 0 Å². The van der Waals surface area contributed by atoms with E-state index in [0.717, 1.165) is 41.7 Å². The van der Waals surface area contributed by atoms with Crippen molar-refractivity contribution in [1.82, 2.24) is 10.2 Å². The van der Waals surface area contributed by atoms with Crippen molar-refractivity contribution < 1.29 is 9.59 Å². The van der Waals surface area contributed by atoms with Crippen molar-refractivity contribution in [3.8, 4) is 0 Å². The van der Waals surface area contributed by atoms with Crippen LogP contribution in [0, 0.1) is 18.3 Å². The van der Waals surface area contributed by atoms with E-state index in [1.807, 2.05) is 36.1 Å². The van der Waals surface area contributed by atoms with Gasteiger partial charge in [0.2, 0.25) is 0 Å². The first kappa shape index (κ1) is 22.1. The minimum absolute atomic E-state index is 0.0118. The Morgan fingerprint density at radius 2 is 1.81 bits per heavy atom. The zero-order valence-electron chi connectivity index (χ0n) is 19.2. The van der Waals surface area contributed by atoms with E-state index in [1.165, 1.54) is 16.9 Å². The average molecular weight is 439 g/mol. The molecule has 1 aliphatic heterocycles. The number of carbonyl (C=O) groups excluding carboxylic acids is 2. The molecule has 1 saturated heterocycles. The van der Waals surface area contributed by atoms with Gasteiger partial charge in [-0.3, -0.25) is 9.59 Å². The van der Waals surface area contributed by atoms with Crippen LogP contribution in [0.15, 0.2) is 30.3 Å². The monoisotopic (exact) mass is 438 g/mol. The van der Waals surface area contributed by atoms with Crippen LogP contribution in [-0.4, -0.2) is 35.8 Å². The van der Waals surface area contributed by atoms with Crippen LogP contribution in [0.3, 0.4) is 0 Å². The second-order valence-corrected chi connectivity index (χ2v) is 11.4. The lowest BCUT2D eigenvalue weighted by molar-refractivity contribution is 0.0702. The standard InChI is InChI=1S/C26H34N2O2S/c1-17-7-5-6-8-21(17)24(29)27-20-11-13-28(14-12-20)25(30)23-16-18-15-19(26(2,3)4)9-10-22(18)31-23/h5-8,16,19-20H,9-15H2,1-4H3,(H,27,29). The molecule has 1 aromatic carbocycles. The fourth-order valence-corrected chi connectivity index (χ4v) is 6.02. The number of fused-ring (bicyclic) bond motifs is 1. The summed E-state index contributed by atoms with van der Waals surface area (Å²) < 4.78 is 0. The molecule has 2 amide bonds. The van der Waals surface area contributed by atoms with Crippen LogP contribution in [-0.2, 0) is 12.8 Å². The second kappa shape index (κ2) is 8.78. The minimum Gasteiger partial charge on any atom is -0.349 e. The fourth-order valence-electron chi connectivity index (χ4n) is 4.84. The number of carbonyl (C=O) groups is 2. The SMILES string of the molecule is Cc1ccccc1C(=O)NC1CCN(C(=O)c2cc3c(s2)CCC(C(C)(C)C)C3)CC1. The van der Waals surface area contributed by atoms with Crippen LogP contribution in [0.1, 0.15) is 76.1 Å². The Hall–Kier alpha value is -2.14. The van der Waals surface area contributed by atoms with E-state index in [1.54, 1.807) is 11.3 Å². The molecule has 1 aliphatic carbocycles. The number of amides is 2.